The van der Waals surface area contributed by atoms with Gasteiger partial charge in [-0.15, -0.1) is 0 Å². The molecule has 2 saturated heterocycles. The Bertz CT molecular complexity index is 337. The SMILES string of the molecule is COCCCN1C[C@@H](N2CCCN(C(C)=O)CC2)[C@@H](C)C1. The number of rotatable bonds is 5. The van der Waals surface area contributed by atoms with Crippen molar-refractivity contribution in [3.8, 4) is 0 Å². The van der Waals surface area contributed by atoms with Gasteiger partial charge in [0, 0.05) is 72.5 Å². The molecule has 0 radical (unpaired) electrons. The second-order valence-corrected chi connectivity index (χ2v) is 6.55. The van der Waals surface area contributed by atoms with Gasteiger partial charge in [0.2, 0.25) is 5.91 Å². The molecular formula is C16H31N3O2. The van der Waals surface area contributed by atoms with Crippen LogP contribution in [0.3, 0.4) is 0 Å². The van der Waals surface area contributed by atoms with E-state index in [2.05, 4.69) is 16.7 Å². The van der Waals surface area contributed by atoms with Crippen LogP contribution in [-0.2, 0) is 9.53 Å². The van der Waals surface area contributed by atoms with Crippen LogP contribution in [0.2, 0.25) is 0 Å². The van der Waals surface area contributed by atoms with E-state index >= 15 is 0 Å². The molecule has 1 amide bonds. The van der Waals surface area contributed by atoms with Crippen LogP contribution in [0.25, 0.3) is 0 Å². The lowest BCUT2D eigenvalue weighted by Crippen LogP contribution is -2.43. The van der Waals surface area contributed by atoms with E-state index in [1.807, 2.05) is 4.90 Å². The summed E-state index contributed by atoms with van der Waals surface area (Å²) in [6.45, 7) is 12.4. The minimum Gasteiger partial charge on any atom is -0.385 e. The molecule has 21 heavy (non-hydrogen) atoms. The van der Waals surface area contributed by atoms with Crippen molar-refractivity contribution in [2.75, 3.05) is 59.5 Å². The number of hydrogen-bond acceptors (Lipinski definition) is 4. The number of likely N-dealkylation sites (tertiary alicyclic amines) is 1. The molecule has 0 aromatic rings. The average Bonchev–Trinajstić information content (AvgIpc) is 2.67. The third-order valence-corrected chi connectivity index (χ3v) is 4.92. The number of ether oxygens (including phenoxy) is 1. The number of amides is 1. The summed E-state index contributed by atoms with van der Waals surface area (Å²) in [6.07, 6.45) is 2.22. The lowest BCUT2D eigenvalue weighted by Gasteiger charge is -2.30. The maximum absolute atomic E-state index is 11.5. The van der Waals surface area contributed by atoms with Crippen molar-refractivity contribution in [3.05, 3.63) is 0 Å². The molecule has 5 nitrogen and oxygen atoms in total. The molecule has 0 aromatic carbocycles. The van der Waals surface area contributed by atoms with Crippen molar-refractivity contribution in [1.82, 2.24) is 14.7 Å². The van der Waals surface area contributed by atoms with Crippen molar-refractivity contribution in [1.29, 1.82) is 0 Å². The third kappa shape index (κ3) is 4.66. The van der Waals surface area contributed by atoms with Gasteiger partial charge in [0.1, 0.15) is 0 Å². The van der Waals surface area contributed by atoms with Crippen molar-refractivity contribution in [3.63, 3.8) is 0 Å². The van der Waals surface area contributed by atoms with E-state index in [4.69, 9.17) is 4.74 Å². The maximum atomic E-state index is 11.5. The fraction of sp³-hybridized carbons (Fsp3) is 0.938. The summed E-state index contributed by atoms with van der Waals surface area (Å²) in [4.78, 5) is 18.7. The molecule has 0 N–H and O–H groups in total. The van der Waals surface area contributed by atoms with Crippen molar-refractivity contribution < 1.29 is 9.53 Å². The number of methoxy groups -OCH3 is 1. The van der Waals surface area contributed by atoms with Gasteiger partial charge >= 0.3 is 0 Å². The minimum atomic E-state index is 0.220. The zero-order chi connectivity index (χ0) is 15.2. The van der Waals surface area contributed by atoms with Crippen molar-refractivity contribution in [2.45, 2.75) is 32.7 Å². The highest BCUT2D eigenvalue weighted by atomic mass is 16.5. The van der Waals surface area contributed by atoms with Crippen molar-refractivity contribution in [2.24, 2.45) is 5.92 Å². The molecular weight excluding hydrogens is 266 g/mol. The van der Waals surface area contributed by atoms with Gasteiger partial charge in [0.05, 0.1) is 0 Å². The number of carbonyl (C=O) groups excluding carboxylic acids is 1. The molecule has 0 bridgehead atoms. The van der Waals surface area contributed by atoms with E-state index in [-0.39, 0.29) is 5.91 Å². The molecule has 0 spiro atoms. The van der Waals surface area contributed by atoms with E-state index in [0.717, 1.165) is 58.1 Å². The largest absolute Gasteiger partial charge is 0.385 e. The zero-order valence-corrected chi connectivity index (χ0v) is 13.9. The fourth-order valence-electron chi connectivity index (χ4n) is 3.72. The first-order chi connectivity index (χ1) is 10.1. The highest BCUT2D eigenvalue weighted by Crippen LogP contribution is 2.23. The van der Waals surface area contributed by atoms with Crippen molar-refractivity contribution >= 4 is 5.91 Å². The van der Waals surface area contributed by atoms with E-state index in [9.17, 15) is 4.79 Å². The van der Waals surface area contributed by atoms with Gasteiger partial charge in [-0.05, 0) is 18.8 Å². The average molecular weight is 297 g/mol. The first kappa shape index (κ1) is 16.7. The molecule has 2 aliphatic heterocycles. The lowest BCUT2D eigenvalue weighted by molar-refractivity contribution is -0.128. The molecule has 2 aliphatic rings. The Hall–Kier alpha value is -0.650. The molecule has 5 heteroatoms. The molecule has 0 saturated carbocycles. The van der Waals surface area contributed by atoms with E-state index < -0.39 is 0 Å². The summed E-state index contributed by atoms with van der Waals surface area (Å²) in [5.41, 5.74) is 0. The predicted molar refractivity (Wildman–Crippen MR) is 84.3 cm³/mol. The van der Waals surface area contributed by atoms with Crippen LogP contribution in [-0.4, -0.2) is 86.2 Å². The van der Waals surface area contributed by atoms with Gasteiger partial charge in [0.15, 0.2) is 0 Å². The highest BCUT2D eigenvalue weighted by Gasteiger charge is 2.34. The normalized spacial score (nSPS) is 28.8. The molecule has 2 atom stereocenters. The molecule has 2 fully saturated rings. The van der Waals surface area contributed by atoms with Crippen LogP contribution in [0.4, 0.5) is 0 Å². The van der Waals surface area contributed by atoms with Crippen LogP contribution in [0.1, 0.15) is 26.7 Å². The van der Waals surface area contributed by atoms with Gasteiger partial charge in [0.25, 0.3) is 0 Å². The standard InChI is InChI=1S/C16H31N3O2/c1-14-12-17(6-5-11-21-3)13-16(14)19-8-4-7-18(9-10-19)15(2)20/h14,16H,4-13H2,1-3H3/t14-,16+/m0/s1. The Labute approximate surface area is 129 Å². The molecule has 122 valence electrons. The van der Waals surface area contributed by atoms with Crippen LogP contribution in [0, 0.1) is 5.92 Å². The smallest absolute Gasteiger partial charge is 0.219 e. The predicted octanol–water partition coefficient (Wildman–Crippen LogP) is 0.897. The molecule has 2 heterocycles. The van der Waals surface area contributed by atoms with Gasteiger partial charge < -0.3 is 14.5 Å². The fourth-order valence-corrected chi connectivity index (χ4v) is 3.72. The van der Waals surface area contributed by atoms with Gasteiger partial charge in [-0.25, -0.2) is 0 Å². The van der Waals surface area contributed by atoms with Gasteiger partial charge in [-0.3, -0.25) is 9.69 Å². The monoisotopic (exact) mass is 297 g/mol. The Morgan fingerprint density at radius 2 is 2.00 bits per heavy atom. The topological polar surface area (TPSA) is 36.0 Å². The van der Waals surface area contributed by atoms with Gasteiger partial charge in [-0.2, -0.15) is 0 Å². The summed E-state index contributed by atoms with van der Waals surface area (Å²) in [6, 6.07) is 0.652. The highest BCUT2D eigenvalue weighted by molar-refractivity contribution is 5.73. The Balaban J connectivity index is 1.82. The van der Waals surface area contributed by atoms with Crippen LogP contribution >= 0.6 is 0 Å². The summed E-state index contributed by atoms with van der Waals surface area (Å²) in [5, 5.41) is 0. The summed E-state index contributed by atoms with van der Waals surface area (Å²) in [7, 11) is 1.77. The van der Waals surface area contributed by atoms with Gasteiger partial charge in [-0.1, -0.05) is 6.92 Å². The first-order valence-corrected chi connectivity index (χ1v) is 8.32. The number of nitrogens with zero attached hydrogens (tertiary/aromatic N) is 3. The zero-order valence-electron chi connectivity index (χ0n) is 13.9. The Kier molecular flexibility index (Phi) is 6.45. The Morgan fingerprint density at radius 3 is 2.71 bits per heavy atom. The summed E-state index contributed by atoms with van der Waals surface area (Å²) in [5.74, 6) is 0.939. The lowest BCUT2D eigenvalue weighted by atomic mass is 10.0. The quantitative estimate of drug-likeness (QED) is 0.706. The second-order valence-electron chi connectivity index (χ2n) is 6.55. The molecule has 2 rings (SSSR count). The van der Waals surface area contributed by atoms with Crippen LogP contribution in [0.5, 0.6) is 0 Å². The number of hydrogen-bond donors (Lipinski definition) is 0. The Morgan fingerprint density at radius 1 is 1.19 bits per heavy atom. The summed E-state index contributed by atoms with van der Waals surface area (Å²) < 4.78 is 5.15. The third-order valence-electron chi connectivity index (χ3n) is 4.92. The molecule has 0 aliphatic carbocycles. The minimum absolute atomic E-state index is 0.220. The van der Waals surface area contributed by atoms with Crippen LogP contribution < -0.4 is 0 Å². The molecule has 0 unspecified atom stereocenters. The molecule has 0 aromatic heterocycles. The van der Waals surface area contributed by atoms with E-state index in [1.54, 1.807) is 14.0 Å². The first-order valence-electron chi connectivity index (χ1n) is 8.32. The summed E-state index contributed by atoms with van der Waals surface area (Å²) >= 11 is 0. The second kappa shape index (κ2) is 8.11. The van der Waals surface area contributed by atoms with Crippen LogP contribution in [0.15, 0.2) is 0 Å². The maximum Gasteiger partial charge on any atom is 0.219 e. The number of carbonyl (C=O) groups is 1. The van der Waals surface area contributed by atoms with E-state index in [0.29, 0.717) is 6.04 Å². The van der Waals surface area contributed by atoms with E-state index in [1.165, 1.54) is 13.1 Å².